The van der Waals surface area contributed by atoms with Crippen molar-refractivity contribution in [2.75, 3.05) is 13.7 Å². The standard InChI is InChI=1S/C9H15N3O2S/c1-6-7(15-11-10-6)8(14)12(4)9(2,3)5-13/h13H,5H2,1-4H3. The molecule has 1 amide bonds. The van der Waals surface area contributed by atoms with Crippen LogP contribution in [0, 0.1) is 6.92 Å². The molecule has 0 aliphatic heterocycles. The maximum atomic E-state index is 12.0. The Bertz CT molecular complexity index is 362. The maximum absolute atomic E-state index is 12.0. The maximum Gasteiger partial charge on any atom is 0.267 e. The summed E-state index contributed by atoms with van der Waals surface area (Å²) < 4.78 is 3.71. The van der Waals surface area contributed by atoms with Crippen molar-refractivity contribution < 1.29 is 9.90 Å². The van der Waals surface area contributed by atoms with Crippen LogP contribution in [0.1, 0.15) is 29.2 Å². The Kier molecular flexibility index (Phi) is 3.41. The van der Waals surface area contributed by atoms with Gasteiger partial charge in [0.05, 0.1) is 17.8 Å². The molecule has 0 aliphatic rings. The number of carbonyl (C=O) groups excluding carboxylic acids is 1. The van der Waals surface area contributed by atoms with Gasteiger partial charge in [0.15, 0.2) is 0 Å². The van der Waals surface area contributed by atoms with Gasteiger partial charge in [-0.15, -0.1) is 5.10 Å². The van der Waals surface area contributed by atoms with Gasteiger partial charge in [0.25, 0.3) is 5.91 Å². The number of aliphatic hydroxyl groups is 1. The largest absolute Gasteiger partial charge is 0.394 e. The van der Waals surface area contributed by atoms with Crippen LogP contribution in [0.15, 0.2) is 0 Å². The van der Waals surface area contributed by atoms with Gasteiger partial charge in [0.1, 0.15) is 4.88 Å². The zero-order chi connectivity index (χ0) is 11.6. The Labute approximate surface area is 92.9 Å². The van der Waals surface area contributed by atoms with E-state index in [0.717, 1.165) is 11.5 Å². The van der Waals surface area contributed by atoms with E-state index in [4.69, 9.17) is 5.11 Å². The second kappa shape index (κ2) is 4.24. The van der Waals surface area contributed by atoms with Crippen LogP contribution in [0.4, 0.5) is 0 Å². The molecule has 0 unspecified atom stereocenters. The Morgan fingerprint density at radius 1 is 1.60 bits per heavy atom. The van der Waals surface area contributed by atoms with E-state index in [-0.39, 0.29) is 12.5 Å². The topological polar surface area (TPSA) is 66.3 Å². The highest BCUT2D eigenvalue weighted by Crippen LogP contribution is 2.18. The summed E-state index contributed by atoms with van der Waals surface area (Å²) >= 11 is 1.08. The molecule has 1 heterocycles. The van der Waals surface area contributed by atoms with E-state index >= 15 is 0 Å². The molecule has 0 radical (unpaired) electrons. The van der Waals surface area contributed by atoms with Crippen LogP contribution in [0.25, 0.3) is 0 Å². The van der Waals surface area contributed by atoms with Gasteiger partial charge in [-0.05, 0) is 32.3 Å². The van der Waals surface area contributed by atoms with Crippen LogP contribution < -0.4 is 0 Å². The number of aliphatic hydroxyl groups excluding tert-OH is 1. The van der Waals surface area contributed by atoms with Crippen LogP contribution in [0.3, 0.4) is 0 Å². The fourth-order valence-electron chi connectivity index (χ4n) is 0.961. The minimum atomic E-state index is -0.576. The van der Waals surface area contributed by atoms with Crippen LogP contribution in [-0.2, 0) is 0 Å². The smallest absolute Gasteiger partial charge is 0.267 e. The molecule has 0 fully saturated rings. The van der Waals surface area contributed by atoms with Gasteiger partial charge in [-0.2, -0.15) is 0 Å². The van der Waals surface area contributed by atoms with Gasteiger partial charge in [-0.1, -0.05) is 4.49 Å². The summed E-state index contributed by atoms with van der Waals surface area (Å²) in [6, 6.07) is 0. The fraction of sp³-hybridized carbons (Fsp3) is 0.667. The summed E-state index contributed by atoms with van der Waals surface area (Å²) in [5.74, 6) is -0.151. The van der Waals surface area contributed by atoms with Crippen molar-refractivity contribution >= 4 is 17.4 Å². The van der Waals surface area contributed by atoms with Gasteiger partial charge >= 0.3 is 0 Å². The van der Waals surface area contributed by atoms with Crippen LogP contribution >= 0.6 is 11.5 Å². The summed E-state index contributed by atoms with van der Waals surface area (Å²) in [5.41, 5.74) is 0.0543. The molecule has 0 atom stereocenters. The molecule has 0 saturated heterocycles. The van der Waals surface area contributed by atoms with Gasteiger partial charge in [0, 0.05) is 7.05 Å². The van der Waals surface area contributed by atoms with Crippen LogP contribution in [0.5, 0.6) is 0 Å². The van der Waals surface area contributed by atoms with Crippen molar-refractivity contribution in [1.29, 1.82) is 0 Å². The van der Waals surface area contributed by atoms with Crippen molar-refractivity contribution in [2.45, 2.75) is 26.3 Å². The monoisotopic (exact) mass is 229 g/mol. The molecule has 0 spiro atoms. The third kappa shape index (κ3) is 2.32. The fourth-order valence-corrected chi connectivity index (χ4v) is 1.59. The number of rotatable bonds is 3. The van der Waals surface area contributed by atoms with E-state index in [0.29, 0.717) is 10.6 Å². The second-order valence-electron chi connectivity index (χ2n) is 4.02. The molecule has 0 bridgehead atoms. The first-order valence-corrected chi connectivity index (χ1v) is 5.35. The minimum Gasteiger partial charge on any atom is -0.394 e. The number of likely N-dealkylation sites (N-methyl/N-ethyl adjacent to an activating group) is 1. The number of aromatic nitrogens is 2. The summed E-state index contributed by atoms with van der Waals surface area (Å²) in [7, 11) is 1.66. The number of aryl methyl sites for hydroxylation is 1. The van der Waals surface area contributed by atoms with Crippen molar-refractivity contribution in [2.24, 2.45) is 0 Å². The molecule has 1 N–H and O–H groups in total. The highest BCUT2D eigenvalue weighted by atomic mass is 32.1. The van der Waals surface area contributed by atoms with E-state index in [1.165, 1.54) is 4.90 Å². The summed E-state index contributed by atoms with van der Waals surface area (Å²) in [6.07, 6.45) is 0. The lowest BCUT2D eigenvalue weighted by Gasteiger charge is -2.33. The first-order chi connectivity index (χ1) is 6.90. The van der Waals surface area contributed by atoms with E-state index in [2.05, 4.69) is 9.59 Å². The molecule has 0 aromatic carbocycles. The lowest BCUT2D eigenvalue weighted by molar-refractivity contribution is 0.0477. The third-order valence-electron chi connectivity index (χ3n) is 2.45. The zero-order valence-electron chi connectivity index (χ0n) is 9.31. The molecular formula is C9H15N3O2S. The molecule has 1 aromatic rings. The third-order valence-corrected chi connectivity index (χ3v) is 3.26. The number of amides is 1. The van der Waals surface area contributed by atoms with E-state index < -0.39 is 5.54 Å². The number of hydrogen-bond acceptors (Lipinski definition) is 5. The normalized spacial score (nSPS) is 11.5. The SMILES string of the molecule is Cc1nnsc1C(=O)N(C)C(C)(C)CO. The number of hydrogen-bond donors (Lipinski definition) is 1. The highest BCUT2D eigenvalue weighted by molar-refractivity contribution is 7.07. The van der Waals surface area contributed by atoms with Gasteiger partial charge in [-0.25, -0.2) is 0 Å². The van der Waals surface area contributed by atoms with Crippen molar-refractivity contribution in [3.05, 3.63) is 10.6 Å². The molecule has 0 aliphatic carbocycles. The van der Waals surface area contributed by atoms with Crippen LogP contribution in [-0.4, -0.2) is 44.7 Å². The van der Waals surface area contributed by atoms with Gasteiger partial charge in [0.2, 0.25) is 0 Å². The second-order valence-corrected chi connectivity index (χ2v) is 4.78. The summed E-state index contributed by atoms with van der Waals surface area (Å²) in [5, 5.41) is 12.9. The Hall–Kier alpha value is -1.01. The number of nitrogens with zero attached hydrogens (tertiary/aromatic N) is 3. The summed E-state index contributed by atoms with van der Waals surface area (Å²) in [4.78, 5) is 14.0. The average molecular weight is 229 g/mol. The predicted molar refractivity (Wildman–Crippen MR) is 57.9 cm³/mol. The number of carbonyl (C=O) groups is 1. The molecule has 84 valence electrons. The quantitative estimate of drug-likeness (QED) is 0.828. The van der Waals surface area contributed by atoms with Gasteiger partial charge in [-0.3, -0.25) is 4.79 Å². The molecule has 1 rings (SSSR count). The van der Waals surface area contributed by atoms with Crippen molar-refractivity contribution in [3.63, 3.8) is 0 Å². The predicted octanol–water partition coefficient (Wildman–Crippen LogP) is 0.689. The van der Waals surface area contributed by atoms with E-state index in [1.54, 1.807) is 27.8 Å². The molecular weight excluding hydrogens is 214 g/mol. The van der Waals surface area contributed by atoms with E-state index in [1.807, 2.05) is 0 Å². The Morgan fingerprint density at radius 2 is 2.20 bits per heavy atom. The Balaban J connectivity index is 2.92. The van der Waals surface area contributed by atoms with Gasteiger partial charge < -0.3 is 10.0 Å². The molecule has 15 heavy (non-hydrogen) atoms. The lowest BCUT2D eigenvalue weighted by atomic mass is 10.1. The first kappa shape index (κ1) is 12.1. The Morgan fingerprint density at radius 3 is 2.60 bits per heavy atom. The lowest BCUT2D eigenvalue weighted by Crippen LogP contribution is -2.47. The minimum absolute atomic E-state index is 0.0828. The molecule has 0 saturated carbocycles. The summed E-state index contributed by atoms with van der Waals surface area (Å²) in [6.45, 7) is 5.26. The van der Waals surface area contributed by atoms with Crippen molar-refractivity contribution in [1.82, 2.24) is 14.5 Å². The van der Waals surface area contributed by atoms with Crippen molar-refractivity contribution in [3.8, 4) is 0 Å². The highest BCUT2D eigenvalue weighted by Gasteiger charge is 2.29. The van der Waals surface area contributed by atoms with E-state index in [9.17, 15) is 4.79 Å². The molecule has 1 aromatic heterocycles. The average Bonchev–Trinajstić information content (AvgIpc) is 2.62. The molecule has 6 heteroatoms. The van der Waals surface area contributed by atoms with Crippen LogP contribution in [0.2, 0.25) is 0 Å². The molecule has 5 nitrogen and oxygen atoms in total. The zero-order valence-corrected chi connectivity index (χ0v) is 10.1. The first-order valence-electron chi connectivity index (χ1n) is 4.58.